The highest BCUT2D eigenvalue weighted by Gasteiger charge is 2.67. The van der Waals surface area contributed by atoms with Gasteiger partial charge >= 0.3 is 0 Å². The molecule has 13 heavy (non-hydrogen) atoms. The molecular formula is C12H18O. The Hall–Kier alpha value is -0.330. The quantitative estimate of drug-likeness (QED) is 0.557. The number of rotatable bonds is 0. The van der Waals surface area contributed by atoms with E-state index in [9.17, 15) is 4.79 Å². The monoisotopic (exact) mass is 178 g/mol. The van der Waals surface area contributed by atoms with E-state index in [0.717, 1.165) is 18.3 Å². The molecule has 1 nitrogen and oxygen atoms in total. The highest BCUT2D eigenvalue weighted by atomic mass is 16.1. The Bertz CT molecular complexity index is 270. The number of hydrogen-bond acceptors (Lipinski definition) is 1. The minimum absolute atomic E-state index is 0.415. The van der Waals surface area contributed by atoms with Gasteiger partial charge in [0.15, 0.2) is 0 Å². The van der Waals surface area contributed by atoms with Crippen molar-refractivity contribution in [2.24, 2.45) is 29.1 Å². The van der Waals surface area contributed by atoms with Crippen molar-refractivity contribution in [3.05, 3.63) is 0 Å². The molecule has 0 spiro atoms. The van der Waals surface area contributed by atoms with Gasteiger partial charge in [0, 0.05) is 12.3 Å². The first kappa shape index (κ1) is 8.02. The van der Waals surface area contributed by atoms with Crippen molar-refractivity contribution in [3.63, 3.8) is 0 Å². The van der Waals surface area contributed by atoms with Crippen LogP contribution in [-0.4, -0.2) is 5.78 Å². The molecule has 1 heteroatoms. The third kappa shape index (κ3) is 0.693. The summed E-state index contributed by atoms with van der Waals surface area (Å²) in [7, 11) is 0. The lowest BCUT2D eigenvalue weighted by atomic mass is 9.48. The van der Waals surface area contributed by atoms with E-state index in [1.807, 2.05) is 0 Å². The predicted molar refractivity (Wildman–Crippen MR) is 51.2 cm³/mol. The molecule has 5 atom stereocenters. The van der Waals surface area contributed by atoms with Crippen LogP contribution in [0.1, 0.15) is 39.5 Å². The molecule has 0 aliphatic heterocycles. The number of hydrogen-bond donors (Lipinski definition) is 0. The lowest BCUT2D eigenvalue weighted by Gasteiger charge is -2.55. The average molecular weight is 178 g/mol. The van der Waals surface area contributed by atoms with E-state index in [1.54, 1.807) is 0 Å². The first-order valence-electron chi connectivity index (χ1n) is 5.68. The predicted octanol–water partition coefficient (Wildman–Crippen LogP) is 2.65. The van der Waals surface area contributed by atoms with Gasteiger partial charge in [-0.15, -0.1) is 0 Å². The fourth-order valence-electron chi connectivity index (χ4n) is 4.64. The average Bonchev–Trinajstić information content (AvgIpc) is 2.53. The highest BCUT2D eigenvalue weighted by molar-refractivity contribution is 5.86. The van der Waals surface area contributed by atoms with Crippen molar-refractivity contribution in [2.75, 3.05) is 0 Å². The van der Waals surface area contributed by atoms with Crippen LogP contribution in [0, 0.1) is 29.1 Å². The largest absolute Gasteiger partial charge is 0.299 e. The maximum absolute atomic E-state index is 11.8. The molecule has 0 aromatic rings. The van der Waals surface area contributed by atoms with Crippen LogP contribution in [0.15, 0.2) is 0 Å². The topological polar surface area (TPSA) is 17.1 Å². The normalized spacial score (nSPS) is 58.8. The second-order valence-electron chi connectivity index (χ2n) is 5.62. The molecule has 0 aromatic heterocycles. The molecular weight excluding hydrogens is 160 g/mol. The van der Waals surface area contributed by atoms with Gasteiger partial charge in [0.25, 0.3) is 0 Å². The fourth-order valence-corrected chi connectivity index (χ4v) is 4.64. The third-order valence-corrected chi connectivity index (χ3v) is 5.38. The molecule has 5 unspecified atom stereocenters. The second-order valence-corrected chi connectivity index (χ2v) is 5.62. The summed E-state index contributed by atoms with van der Waals surface area (Å²) in [6.45, 7) is 4.66. The molecule has 3 fully saturated rings. The first-order chi connectivity index (χ1) is 6.15. The number of carbonyl (C=O) groups is 1. The van der Waals surface area contributed by atoms with Crippen LogP contribution in [0.5, 0.6) is 0 Å². The van der Waals surface area contributed by atoms with Crippen molar-refractivity contribution in [1.82, 2.24) is 0 Å². The van der Waals surface area contributed by atoms with E-state index in [1.165, 1.54) is 19.3 Å². The van der Waals surface area contributed by atoms with Crippen molar-refractivity contribution in [2.45, 2.75) is 39.5 Å². The minimum Gasteiger partial charge on any atom is -0.299 e. The zero-order valence-corrected chi connectivity index (χ0v) is 8.55. The molecule has 0 bridgehead atoms. The Morgan fingerprint density at radius 1 is 1.38 bits per heavy atom. The molecule has 3 saturated carbocycles. The van der Waals surface area contributed by atoms with Crippen LogP contribution in [0.2, 0.25) is 0 Å². The van der Waals surface area contributed by atoms with Gasteiger partial charge in [-0.05, 0) is 36.0 Å². The van der Waals surface area contributed by atoms with Gasteiger partial charge < -0.3 is 0 Å². The van der Waals surface area contributed by atoms with Crippen molar-refractivity contribution >= 4 is 5.78 Å². The molecule has 0 heterocycles. The van der Waals surface area contributed by atoms with E-state index >= 15 is 0 Å². The van der Waals surface area contributed by atoms with Gasteiger partial charge in [-0.3, -0.25) is 4.79 Å². The molecule has 72 valence electrons. The fraction of sp³-hybridized carbons (Fsp3) is 0.917. The Morgan fingerprint density at radius 3 is 2.92 bits per heavy atom. The maximum Gasteiger partial charge on any atom is 0.137 e. The van der Waals surface area contributed by atoms with Crippen LogP contribution in [0.4, 0.5) is 0 Å². The summed E-state index contributed by atoms with van der Waals surface area (Å²) in [4.78, 5) is 11.8. The number of ketones is 1. The summed E-state index contributed by atoms with van der Waals surface area (Å²) in [5, 5.41) is 0. The van der Waals surface area contributed by atoms with Crippen LogP contribution >= 0.6 is 0 Å². The van der Waals surface area contributed by atoms with Crippen molar-refractivity contribution in [1.29, 1.82) is 0 Å². The summed E-state index contributed by atoms with van der Waals surface area (Å²) in [6, 6.07) is 0. The van der Waals surface area contributed by atoms with Gasteiger partial charge in [0.05, 0.1) is 0 Å². The van der Waals surface area contributed by atoms with Crippen LogP contribution < -0.4 is 0 Å². The molecule has 3 rings (SSSR count). The Morgan fingerprint density at radius 2 is 2.15 bits per heavy atom. The zero-order chi connectivity index (χ0) is 9.22. The third-order valence-electron chi connectivity index (χ3n) is 5.38. The highest BCUT2D eigenvalue weighted by Crippen LogP contribution is 2.70. The van der Waals surface area contributed by atoms with E-state index in [-0.39, 0.29) is 0 Å². The molecule has 0 N–H and O–H groups in total. The Labute approximate surface area is 79.9 Å². The Kier molecular flexibility index (Phi) is 1.35. The van der Waals surface area contributed by atoms with Crippen LogP contribution in [0.25, 0.3) is 0 Å². The minimum atomic E-state index is 0.415. The van der Waals surface area contributed by atoms with Gasteiger partial charge in [-0.1, -0.05) is 20.3 Å². The van der Waals surface area contributed by atoms with Gasteiger partial charge in [-0.2, -0.15) is 0 Å². The van der Waals surface area contributed by atoms with Crippen LogP contribution in [-0.2, 0) is 4.79 Å². The van der Waals surface area contributed by atoms with Crippen LogP contribution in [0.3, 0.4) is 0 Å². The van der Waals surface area contributed by atoms with E-state index in [2.05, 4.69) is 13.8 Å². The molecule has 3 aliphatic rings. The van der Waals surface area contributed by atoms with Crippen molar-refractivity contribution < 1.29 is 4.79 Å². The number of Topliss-reactive ketones (excluding diaryl/α,β-unsaturated/α-hetero) is 1. The Balaban J connectivity index is 1.99. The summed E-state index contributed by atoms with van der Waals surface area (Å²) in [5.74, 6) is 3.40. The molecule has 0 radical (unpaired) electrons. The summed E-state index contributed by atoms with van der Waals surface area (Å²) >= 11 is 0. The molecule has 0 amide bonds. The first-order valence-corrected chi connectivity index (χ1v) is 5.68. The van der Waals surface area contributed by atoms with Crippen molar-refractivity contribution in [3.8, 4) is 0 Å². The smallest absolute Gasteiger partial charge is 0.137 e. The van der Waals surface area contributed by atoms with E-state index < -0.39 is 0 Å². The molecule has 0 aromatic carbocycles. The van der Waals surface area contributed by atoms with E-state index in [0.29, 0.717) is 23.0 Å². The summed E-state index contributed by atoms with van der Waals surface area (Å²) in [5.41, 5.74) is 0.415. The number of fused-ring (bicyclic) bond motifs is 4. The number of carbonyl (C=O) groups excluding carboxylic acids is 1. The second kappa shape index (κ2) is 2.18. The van der Waals surface area contributed by atoms with Gasteiger partial charge in [0.1, 0.15) is 5.78 Å². The summed E-state index contributed by atoms with van der Waals surface area (Å²) < 4.78 is 0. The zero-order valence-electron chi connectivity index (χ0n) is 8.55. The maximum atomic E-state index is 11.8. The lowest BCUT2D eigenvalue weighted by Crippen LogP contribution is -2.53. The summed E-state index contributed by atoms with van der Waals surface area (Å²) in [6.07, 6.45) is 4.98. The van der Waals surface area contributed by atoms with Gasteiger partial charge in [-0.25, -0.2) is 0 Å². The van der Waals surface area contributed by atoms with Gasteiger partial charge in [0.2, 0.25) is 0 Å². The lowest BCUT2D eigenvalue weighted by molar-refractivity contribution is -0.140. The van der Waals surface area contributed by atoms with E-state index in [4.69, 9.17) is 0 Å². The molecule has 0 saturated heterocycles. The standard InChI is InChI=1S/C12H18O/c1-7-6-10(13)11-8-4-3-5-9(8)12(7,11)2/h7-9,11H,3-6H2,1-2H3. The SMILES string of the molecule is CC1CC(=O)C2C3CCCC3C12C. The molecule has 3 aliphatic carbocycles.